The summed E-state index contributed by atoms with van der Waals surface area (Å²) in [6.45, 7) is 3.24. The smallest absolute Gasteiger partial charge is 0.668 e. The molecule has 0 atom stereocenters. The zero-order chi connectivity index (χ0) is 15.3. The van der Waals surface area contributed by atoms with Gasteiger partial charge in [-0.15, -0.1) is 0 Å². The van der Waals surface area contributed by atoms with E-state index < -0.39 is 17.6 Å². The number of nitrogens with one attached hydrogen (secondary N) is 1. The van der Waals surface area contributed by atoms with Crippen LogP contribution in [-0.2, 0) is 28.0 Å². The number of benzene rings is 1. The molecular formula is C14H16F4FeNO2. The molecular weight excluding hydrogens is 346 g/mol. The number of hydrogen-bond donors (Lipinski definition) is 0. The molecule has 1 aliphatic rings. The number of carbonyl (C=O) groups excluding carboxylic acids is 1. The summed E-state index contributed by atoms with van der Waals surface area (Å²) in [4.78, 5) is 9.87. The van der Waals surface area contributed by atoms with E-state index in [-0.39, 0.29) is 48.7 Å². The van der Waals surface area contributed by atoms with Gasteiger partial charge < -0.3 is 29.6 Å². The Hall–Kier alpha value is -1.27. The third kappa shape index (κ3) is 7.66. The van der Waals surface area contributed by atoms with Gasteiger partial charge in [0.05, 0.1) is 11.5 Å². The van der Waals surface area contributed by atoms with Gasteiger partial charge in [0, 0.05) is 5.92 Å². The van der Waals surface area contributed by atoms with Crippen LogP contribution in [0.5, 0.6) is 5.75 Å². The summed E-state index contributed by atoms with van der Waals surface area (Å²) in [6, 6.07) is 2.09. The van der Waals surface area contributed by atoms with Crippen LogP contribution >= 0.6 is 0 Å². The predicted molar refractivity (Wildman–Crippen MR) is 70.7 cm³/mol. The molecule has 1 aromatic carbocycles. The van der Waals surface area contributed by atoms with Crippen LogP contribution in [-0.4, -0.2) is 12.5 Å². The third-order valence-corrected chi connectivity index (χ3v) is 2.46. The van der Waals surface area contributed by atoms with E-state index in [2.05, 4.69) is 11.7 Å². The minimum atomic E-state index is -4.54. The van der Waals surface area contributed by atoms with Gasteiger partial charge in [-0.25, -0.2) is 4.39 Å². The largest absolute Gasteiger partial charge is 3.00 e. The Kier molecular flexibility index (Phi) is 10.1. The third-order valence-electron chi connectivity index (χ3n) is 2.46. The maximum Gasteiger partial charge on any atom is 3.00 e. The summed E-state index contributed by atoms with van der Waals surface area (Å²) in [5.41, 5.74) is 5.42. The van der Waals surface area contributed by atoms with E-state index in [0.29, 0.717) is 6.07 Å². The van der Waals surface area contributed by atoms with Crippen molar-refractivity contribution in [3.8, 4) is 5.75 Å². The maximum atomic E-state index is 12.9. The minimum Gasteiger partial charge on any atom is -0.668 e. The molecule has 2 rings (SSSR count). The Bertz CT molecular complexity index is 476. The van der Waals surface area contributed by atoms with E-state index in [0.717, 1.165) is 25.0 Å². The predicted octanol–water partition coefficient (Wildman–Crippen LogP) is 4.48. The zero-order valence-electron chi connectivity index (χ0n) is 11.8. The summed E-state index contributed by atoms with van der Waals surface area (Å²) in [6.07, 6.45) is -2.62. The Morgan fingerprint density at radius 2 is 1.91 bits per heavy atom. The molecule has 1 N–H and O–H groups in total. The first-order valence-electron chi connectivity index (χ1n) is 5.80. The van der Waals surface area contributed by atoms with Crippen LogP contribution in [0, 0.1) is 26.1 Å². The average Bonchev–Trinajstić information content (AvgIpc) is 3.15. The second kappa shape index (κ2) is 9.69. The molecule has 0 heterocycles. The summed E-state index contributed by atoms with van der Waals surface area (Å²) in [5, 5.41) is 0. The van der Waals surface area contributed by atoms with Gasteiger partial charge in [-0.2, -0.15) is 13.2 Å². The Labute approximate surface area is 137 Å². The van der Waals surface area contributed by atoms with E-state index in [9.17, 15) is 22.4 Å². The van der Waals surface area contributed by atoms with E-state index >= 15 is 0 Å². The van der Waals surface area contributed by atoms with Gasteiger partial charge in [0.2, 0.25) is 0 Å². The number of halogens is 4. The Morgan fingerprint density at radius 1 is 1.36 bits per heavy atom. The van der Waals surface area contributed by atoms with Gasteiger partial charge in [-0.1, -0.05) is 0 Å². The van der Waals surface area contributed by atoms with Gasteiger partial charge in [0.1, 0.15) is 0 Å². The second-order valence-electron chi connectivity index (χ2n) is 4.13. The van der Waals surface area contributed by atoms with Crippen molar-refractivity contribution in [1.82, 2.24) is 0 Å². The molecule has 0 saturated heterocycles. The van der Waals surface area contributed by atoms with Crippen molar-refractivity contribution < 1.29 is 44.2 Å². The molecule has 1 aromatic rings. The van der Waals surface area contributed by atoms with Gasteiger partial charge >= 0.3 is 23.2 Å². The van der Waals surface area contributed by atoms with E-state index in [4.69, 9.17) is 5.73 Å². The van der Waals surface area contributed by atoms with E-state index in [1.165, 1.54) is 0 Å². The molecule has 0 spiro atoms. The summed E-state index contributed by atoms with van der Waals surface area (Å²) in [7, 11) is 0. The summed E-state index contributed by atoms with van der Waals surface area (Å²) < 4.78 is 53.8. The Balaban J connectivity index is 0. The molecule has 1 saturated carbocycles. The van der Waals surface area contributed by atoms with Crippen LogP contribution in [0.2, 0.25) is 0 Å². The molecule has 0 unspecified atom stereocenters. The SMILES string of the molecule is [CH2-]COc1ccc(C(F)(F)F)cc1F.[CH3-].[Fe+3].[NH-]C(=O)C1CC1. The molecule has 1 fully saturated rings. The van der Waals surface area contributed by atoms with Crippen LogP contribution in [0.1, 0.15) is 18.4 Å². The van der Waals surface area contributed by atoms with Crippen molar-refractivity contribution in [3.05, 3.63) is 49.7 Å². The van der Waals surface area contributed by atoms with Gasteiger partial charge in [0.15, 0.2) is 11.6 Å². The first kappa shape index (κ1) is 23.0. The molecule has 8 heteroatoms. The average molecular weight is 362 g/mol. The fourth-order valence-electron chi connectivity index (χ4n) is 1.25. The molecule has 1 amide bonds. The molecule has 125 valence electrons. The summed E-state index contributed by atoms with van der Waals surface area (Å²) >= 11 is 0. The minimum absolute atomic E-state index is 0. The molecule has 1 aliphatic carbocycles. The second-order valence-corrected chi connectivity index (χ2v) is 4.13. The van der Waals surface area contributed by atoms with Crippen molar-refractivity contribution in [3.63, 3.8) is 0 Å². The molecule has 3 nitrogen and oxygen atoms in total. The van der Waals surface area contributed by atoms with Gasteiger partial charge in [-0.3, -0.25) is 0 Å². The standard InChI is InChI=1S/C9H7F4O.C4H7NO.CH3.Fe/c1-2-14-8-4-3-6(5-7(8)10)9(11,12)13;5-4(6)3-1-2-3;;/h3-5H,1-2H2;3H,1-2H2,(H2,5,6);1H3;/q-1;;-1;+3/p-1. The maximum absolute atomic E-state index is 12.9. The molecule has 0 aromatic heterocycles. The fourth-order valence-corrected chi connectivity index (χ4v) is 1.25. The Morgan fingerprint density at radius 3 is 2.18 bits per heavy atom. The number of ether oxygens (including phenoxy) is 1. The quantitative estimate of drug-likeness (QED) is 0.452. The van der Waals surface area contributed by atoms with Crippen LogP contribution in [0.25, 0.3) is 5.73 Å². The number of amides is 1. The van der Waals surface area contributed by atoms with Crippen molar-refractivity contribution in [2.75, 3.05) is 6.61 Å². The monoisotopic (exact) mass is 362 g/mol. The van der Waals surface area contributed by atoms with Crippen molar-refractivity contribution in [2.45, 2.75) is 19.0 Å². The molecule has 1 radical (unpaired) electrons. The van der Waals surface area contributed by atoms with E-state index in [1.54, 1.807) is 0 Å². The first-order chi connectivity index (χ1) is 9.25. The van der Waals surface area contributed by atoms with Crippen LogP contribution < -0.4 is 4.74 Å². The number of carbonyl (C=O) groups is 1. The zero-order valence-corrected chi connectivity index (χ0v) is 12.9. The van der Waals surface area contributed by atoms with Crippen LogP contribution in [0.3, 0.4) is 0 Å². The van der Waals surface area contributed by atoms with E-state index in [1.807, 2.05) is 0 Å². The van der Waals surface area contributed by atoms with Crippen molar-refractivity contribution in [1.29, 1.82) is 0 Å². The van der Waals surface area contributed by atoms with Crippen molar-refractivity contribution >= 4 is 5.91 Å². The number of alkyl halides is 3. The first-order valence-corrected chi connectivity index (χ1v) is 5.80. The number of rotatable bonds is 3. The van der Waals surface area contributed by atoms with Gasteiger partial charge in [0.25, 0.3) is 0 Å². The topological polar surface area (TPSA) is 50.1 Å². The fraction of sp³-hybridized carbons (Fsp3) is 0.357. The summed E-state index contributed by atoms with van der Waals surface area (Å²) in [5.74, 6) is -1.52. The normalized spacial score (nSPS) is 13.0. The van der Waals surface area contributed by atoms with Crippen molar-refractivity contribution in [2.24, 2.45) is 5.92 Å². The molecule has 22 heavy (non-hydrogen) atoms. The van der Waals surface area contributed by atoms with Crippen LogP contribution in [0.15, 0.2) is 18.2 Å². The van der Waals surface area contributed by atoms with Crippen LogP contribution in [0.4, 0.5) is 17.6 Å². The molecule has 0 bridgehead atoms. The molecule has 0 aliphatic heterocycles. The number of hydrogen-bond acceptors (Lipinski definition) is 2. The van der Waals surface area contributed by atoms with Gasteiger partial charge in [-0.05, 0) is 37.6 Å².